The minimum absolute atomic E-state index is 0.0966. The van der Waals surface area contributed by atoms with Crippen molar-refractivity contribution >= 4 is 5.91 Å². The molecule has 5 heteroatoms. The maximum absolute atomic E-state index is 12.3. The molecule has 0 aromatic heterocycles. The van der Waals surface area contributed by atoms with Gasteiger partial charge < -0.3 is 20.1 Å². The van der Waals surface area contributed by atoms with E-state index in [0.717, 1.165) is 25.9 Å². The Balaban J connectivity index is 1.66. The van der Waals surface area contributed by atoms with Gasteiger partial charge in [-0.1, -0.05) is 12.1 Å². The predicted molar refractivity (Wildman–Crippen MR) is 75.0 cm³/mol. The summed E-state index contributed by atoms with van der Waals surface area (Å²) in [7, 11) is 0. The monoisotopic (exact) mass is 276 g/mol. The number of fused-ring (bicyclic) bond motifs is 1. The fourth-order valence-corrected chi connectivity index (χ4v) is 2.66. The first-order chi connectivity index (χ1) is 9.74. The average Bonchev–Trinajstić information content (AvgIpc) is 2.47. The molecule has 2 heterocycles. The summed E-state index contributed by atoms with van der Waals surface area (Å²) in [6.45, 7) is 3.71. The molecule has 3 atom stereocenters. The van der Waals surface area contributed by atoms with Crippen molar-refractivity contribution in [1.82, 2.24) is 10.6 Å². The molecule has 2 aliphatic heterocycles. The van der Waals surface area contributed by atoms with E-state index in [4.69, 9.17) is 9.47 Å². The van der Waals surface area contributed by atoms with Gasteiger partial charge in [0.15, 0.2) is 11.5 Å². The predicted octanol–water partition coefficient (Wildman–Crippen LogP) is 1.08. The van der Waals surface area contributed by atoms with Crippen molar-refractivity contribution < 1.29 is 14.3 Å². The number of ether oxygens (including phenoxy) is 2. The van der Waals surface area contributed by atoms with Crippen LogP contribution in [-0.2, 0) is 4.79 Å². The van der Waals surface area contributed by atoms with Crippen LogP contribution in [0.15, 0.2) is 24.3 Å². The maximum Gasteiger partial charge on any atom is 0.265 e. The Bertz CT molecular complexity index is 486. The number of hydrogen-bond acceptors (Lipinski definition) is 4. The Morgan fingerprint density at radius 3 is 2.75 bits per heavy atom. The highest BCUT2D eigenvalue weighted by Crippen LogP contribution is 2.33. The van der Waals surface area contributed by atoms with E-state index in [1.807, 2.05) is 31.2 Å². The standard InChI is InChI=1S/C15H20N2O3/c1-10-14(15(18)17-11-5-4-8-16-9-11)20-13-7-3-2-6-12(13)19-10/h2-3,6-7,10-11,14,16H,4-5,8-9H2,1H3,(H,17,18). The summed E-state index contributed by atoms with van der Waals surface area (Å²) >= 11 is 0. The Morgan fingerprint density at radius 1 is 1.30 bits per heavy atom. The molecule has 0 bridgehead atoms. The van der Waals surface area contributed by atoms with Crippen molar-refractivity contribution in [2.45, 2.75) is 38.0 Å². The van der Waals surface area contributed by atoms with E-state index in [-0.39, 0.29) is 18.1 Å². The number of rotatable bonds is 2. The van der Waals surface area contributed by atoms with Crippen molar-refractivity contribution in [2.24, 2.45) is 0 Å². The zero-order valence-corrected chi connectivity index (χ0v) is 11.6. The van der Waals surface area contributed by atoms with Gasteiger partial charge in [0.2, 0.25) is 6.10 Å². The molecule has 0 saturated carbocycles. The van der Waals surface area contributed by atoms with Gasteiger partial charge in [0.25, 0.3) is 5.91 Å². The smallest absolute Gasteiger partial charge is 0.265 e. The number of nitrogens with one attached hydrogen (secondary N) is 2. The SMILES string of the molecule is CC1Oc2ccccc2OC1C(=O)NC1CCCNC1. The first-order valence-electron chi connectivity index (χ1n) is 7.17. The lowest BCUT2D eigenvalue weighted by atomic mass is 10.1. The van der Waals surface area contributed by atoms with Gasteiger partial charge in [-0.3, -0.25) is 4.79 Å². The van der Waals surface area contributed by atoms with Gasteiger partial charge in [0, 0.05) is 12.6 Å². The van der Waals surface area contributed by atoms with E-state index in [0.29, 0.717) is 11.5 Å². The number of carbonyl (C=O) groups excluding carboxylic acids is 1. The molecule has 1 saturated heterocycles. The Labute approximate surface area is 118 Å². The molecule has 3 rings (SSSR count). The van der Waals surface area contributed by atoms with Crippen molar-refractivity contribution in [1.29, 1.82) is 0 Å². The van der Waals surface area contributed by atoms with Gasteiger partial charge in [0.1, 0.15) is 6.10 Å². The van der Waals surface area contributed by atoms with E-state index >= 15 is 0 Å². The van der Waals surface area contributed by atoms with Gasteiger partial charge in [-0.25, -0.2) is 0 Å². The van der Waals surface area contributed by atoms with Crippen molar-refractivity contribution in [2.75, 3.05) is 13.1 Å². The zero-order valence-electron chi connectivity index (χ0n) is 11.6. The molecule has 1 amide bonds. The summed E-state index contributed by atoms with van der Waals surface area (Å²) in [6, 6.07) is 7.62. The molecule has 1 aromatic carbocycles. The summed E-state index contributed by atoms with van der Waals surface area (Å²) < 4.78 is 11.5. The molecule has 0 spiro atoms. The van der Waals surface area contributed by atoms with Crippen LogP contribution in [0.5, 0.6) is 11.5 Å². The van der Waals surface area contributed by atoms with Crippen LogP contribution < -0.4 is 20.1 Å². The number of hydrogen-bond donors (Lipinski definition) is 2. The van der Waals surface area contributed by atoms with E-state index < -0.39 is 6.10 Å². The average molecular weight is 276 g/mol. The Kier molecular flexibility index (Phi) is 3.78. The van der Waals surface area contributed by atoms with Crippen LogP contribution >= 0.6 is 0 Å². The molecule has 1 aromatic rings. The number of amides is 1. The highest BCUT2D eigenvalue weighted by Gasteiger charge is 2.34. The van der Waals surface area contributed by atoms with Crippen LogP contribution in [0.25, 0.3) is 0 Å². The number of benzene rings is 1. The summed E-state index contributed by atoms with van der Waals surface area (Å²) in [6.07, 6.45) is 1.22. The number of carbonyl (C=O) groups is 1. The first kappa shape index (κ1) is 13.2. The van der Waals surface area contributed by atoms with Crippen LogP contribution in [0.4, 0.5) is 0 Å². The minimum Gasteiger partial charge on any atom is -0.482 e. The second-order valence-electron chi connectivity index (χ2n) is 5.36. The summed E-state index contributed by atoms with van der Waals surface area (Å²) in [5.74, 6) is 1.23. The van der Waals surface area contributed by atoms with Crippen LogP contribution in [0.1, 0.15) is 19.8 Å². The third-order valence-corrected chi connectivity index (χ3v) is 3.74. The third-order valence-electron chi connectivity index (χ3n) is 3.74. The fourth-order valence-electron chi connectivity index (χ4n) is 2.66. The largest absolute Gasteiger partial charge is 0.482 e. The number of piperidine rings is 1. The normalized spacial score (nSPS) is 28.8. The van der Waals surface area contributed by atoms with E-state index in [1.54, 1.807) is 0 Å². The van der Waals surface area contributed by atoms with Crippen LogP contribution in [-0.4, -0.2) is 37.2 Å². The second kappa shape index (κ2) is 5.71. The summed E-state index contributed by atoms with van der Waals surface area (Å²) in [4.78, 5) is 12.3. The van der Waals surface area contributed by atoms with Crippen molar-refractivity contribution in [3.63, 3.8) is 0 Å². The molecule has 0 aliphatic carbocycles. The minimum atomic E-state index is -0.591. The zero-order chi connectivity index (χ0) is 13.9. The molecule has 20 heavy (non-hydrogen) atoms. The summed E-state index contributed by atoms with van der Waals surface area (Å²) in [5.41, 5.74) is 0. The highest BCUT2D eigenvalue weighted by atomic mass is 16.6. The molecule has 108 valence electrons. The lowest BCUT2D eigenvalue weighted by molar-refractivity contribution is -0.134. The molecule has 5 nitrogen and oxygen atoms in total. The second-order valence-corrected chi connectivity index (χ2v) is 5.36. The van der Waals surface area contributed by atoms with Gasteiger partial charge in [-0.2, -0.15) is 0 Å². The van der Waals surface area contributed by atoms with Crippen molar-refractivity contribution in [3.8, 4) is 11.5 Å². The van der Waals surface area contributed by atoms with Gasteiger partial charge >= 0.3 is 0 Å². The van der Waals surface area contributed by atoms with Crippen LogP contribution in [0, 0.1) is 0 Å². The van der Waals surface area contributed by atoms with Gasteiger partial charge in [0.05, 0.1) is 0 Å². The van der Waals surface area contributed by atoms with E-state index in [9.17, 15) is 4.79 Å². The Hall–Kier alpha value is -1.75. The topological polar surface area (TPSA) is 59.6 Å². The lowest BCUT2D eigenvalue weighted by Gasteiger charge is -2.32. The van der Waals surface area contributed by atoms with Crippen molar-refractivity contribution in [3.05, 3.63) is 24.3 Å². The fraction of sp³-hybridized carbons (Fsp3) is 0.533. The molecule has 2 aliphatic rings. The van der Waals surface area contributed by atoms with E-state index in [1.165, 1.54) is 0 Å². The van der Waals surface area contributed by atoms with Gasteiger partial charge in [-0.05, 0) is 38.4 Å². The maximum atomic E-state index is 12.3. The first-order valence-corrected chi connectivity index (χ1v) is 7.17. The van der Waals surface area contributed by atoms with Gasteiger partial charge in [-0.15, -0.1) is 0 Å². The number of para-hydroxylation sites is 2. The van der Waals surface area contributed by atoms with Crippen LogP contribution in [0.3, 0.4) is 0 Å². The highest BCUT2D eigenvalue weighted by molar-refractivity contribution is 5.82. The molecule has 2 N–H and O–H groups in total. The Morgan fingerprint density at radius 2 is 2.05 bits per heavy atom. The molecule has 1 fully saturated rings. The quantitative estimate of drug-likeness (QED) is 0.848. The molecular formula is C15H20N2O3. The molecule has 0 radical (unpaired) electrons. The summed E-state index contributed by atoms with van der Waals surface area (Å²) in [5, 5.41) is 6.33. The van der Waals surface area contributed by atoms with Crippen LogP contribution in [0.2, 0.25) is 0 Å². The lowest BCUT2D eigenvalue weighted by Crippen LogP contribution is -2.54. The molecule has 3 unspecified atom stereocenters. The third kappa shape index (κ3) is 2.72. The van der Waals surface area contributed by atoms with E-state index in [2.05, 4.69) is 10.6 Å². The molecular weight excluding hydrogens is 256 g/mol.